The molecule has 0 saturated heterocycles. The van der Waals surface area contributed by atoms with Crippen LogP contribution in [0.3, 0.4) is 0 Å². The van der Waals surface area contributed by atoms with E-state index in [0.717, 1.165) is 40.8 Å². The predicted molar refractivity (Wildman–Crippen MR) is 198 cm³/mol. The number of amides is 3. The average Bonchev–Trinajstić information content (AvgIpc) is 3.48. The van der Waals surface area contributed by atoms with Gasteiger partial charge in [-0.25, -0.2) is 0 Å². The number of nitriles is 1. The molecule has 6 rings (SSSR count). The van der Waals surface area contributed by atoms with Crippen LogP contribution in [0.1, 0.15) is 55.4 Å². The highest BCUT2D eigenvalue weighted by molar-refractivity contribution is 8.00. The lowest BCUT2D eigenvalue weighted by Crippen LogP contribution is -2.30. The Morgan fingerprint density at radius 1 is 0.918 bits per heavy atom. The first-order valence-electron chi connectivity index (χ1n) is 15.9. The number of aryl methyl sites for hydroxylation is 1. The summed E-state index contributed by atoms with van der Waals surface area (Å²) in [5.74, 6) is -0.555. The molecule has 0 fully saturated rings. The number of thioether (sulfide) groups is 1. The lowest BCUT2D eigenvalue weighted by atomic mass is 9.83. The van der Waals surface area contributed by atoms with Crippen LogP contribution in [0.2, 0.25) is 0 Å². The van der Waals surface area contributed by atoms with Crippen molar-refractivity contribution in [1.82, 2.24) is 5.32 Å². The van der Waals surface area contributed by atoms with E-state index in [1.807, 2.05) is 49.4 Å². The van der Waals surface area contributed by atoms with Gasteiger partial charge in [0.1, 0.15) is 16.8 Å². The summed E-state index contributed by atoms with van der Waals surface area (Å²) >= 11 is 2.83. The Balaban J connectivity index is 1.10. The van der Waals surface area contributed by atoms with Gasteiger partial charge < -0.3 is 16.0 Å². The minimum absolute atomic E-state index is 0.0946. The molecule has 1 unspecified atom stereocenters. The maximum Gasteiger partial charge on any atom is 0.272 e. The summed E-state index contributed by atoms with van der Waals surface area (Å²) in [5, 5.41) is 19.2. The molecule has 0 saturated carbocycles. The number of hydrogen-bond donors (Lipinski definition) is 3. The van der Waals surface area contributed by atoms with Crippen LogP contribution in [0.15, 0.2) is 120 Å². The number of nitrogens with zero attached hydrogens (tertiary/aromatic N) is 1. The number of fused-ring (bicyclic) bond motifs is 1. The Hall–Kier alpha value is -5.43. The van der Waals surface area contributed by atoms with Gasteiger partial charge in [0.25, 0.3) is 11.8 Å². The van der Waals surface area contributed by atoms with Crippen LogP contribution in [-0.2, 0) is 22.4 Å². The fraction of sp³-hybridized carbons (Fsp3) is 0.150. The fourth-order valence-corrected chi connectivity index (χ4v) is 7.80. The molecule has 5 aromatic rings. The van der Waals surface area contributed by atoms with Crippen molar-refractivity contribution in [1.29, 1.82) is 5.26 Å². The van der Waals surface area contributed by atoms with Crippen molar-refractivity contribution in [2.24, 2.45) is 0 Å². The predicted octanol–water partition coefficient (Wildman–Crippen LogP) is 8.34. The first-order valence-corrected chi connectivity index (χ1v) is 17.7. The zero-order valence-corrected chi connectivity index (χ0v) is 28.5. The number of benzene rings is 4. The molecule has 1 aromatic heterocycles. The minimum atomic E-state index is -0.482. The Labute approximate surface area is 294 Å². The molecule has 0 spiro atoms. The van der Waals surface area contributed by atoms with E-state index in [4.69, 9.17) is 0 Å². The van der Waals surface area contributed by atoms with Crippen molar-refractivity contribution in [3.05, 3.63) is 153 Å². The third-order valence-corrected chi connectivity index (χ3v) is 10.4. The van der Waals surface area contributed by atoms with Crippen molar-refractivity contribution < 1.29 is 14.4 Å². The summed E-state index contributed by atoms with van der Waals surface area (Å²) in [5.41, 5.74) is 5.82. The number of nitrogens with one attached hydrogen (secondary N) is 3. The lowest BCUT2D eigenvalue weighted by Gasteiger charge is -2.22. The summed E-state index contributed by atoms with van der Waals surface area (Å²) in [4.78, 5) is 41.5. The van der Waals surface area contributed by atoms with Crippen LogP contribution < -0.4 is 16.0 Å². The van der Waals surface area contributed by atoms with E-state index >= 15 is 0 Å². The van der Waals surface area contributed by atoms with Crippen molar-refractivity contribution in [3.63, 3.8) is 0 Å². The van der Waals surface area contributed by atoms with Gasteiger partial charge in [-0.15, -0.1) is 23.1 Å². The molecule has 244 valence electrons. The van der Waals surface area contributed by atoms with E-state index in [1.165, 1.54) is 33.5 Å². The maximum atomic E-state index is 13.5. The smallest absolute Gasteiger partial charge is 0.272 e. The monoisotopic (exact) mass is 682 g/mol. The lowest BCUT2D eigenvalue weighted by molar-refractivity contribution is -0.114. The third kappa shape index (κ3) is 8.54. The molecule has 0 bridgehead atoms. The summed E-state index contributed by atoms with van der Waals surface area (Å²) < 4.78 is 0. The standard InChI is InChI=1S/C40H34N4O3S2/c1-26-15-17-27(18-16-26)21-35(43-38(46)29-11-6-3-7-12-29)39(47)42-31-13-8-14-32(23-31)48-25-37(45)44-40-34(24-41)33-20-19-30(22-36(33)49-40)28-9-4-2-5-10-28/h2-18,21,23,30H,19-20,22,25H2,1H3,(H,42,47)(H,43,46)(H,44,45)/b35-21-. The topological polar surface area (TPSA) is 111 Å². The fourth-order valence-electron chi connectivity index (χ4n) is 5.75. The number of rotatable bonds is 10. The van der Waals surface area contributed by atoms with E-state index < -0.39 is 11.8 Å². The Morgan fingerprint density at radius 2 is 1.65 bits per heavy atom. The molecule has 3 N–H and O–H groups in total. The second kappa shape index (κ2) is 15.6. The summed E-state index contributed by atoms with van der Waals surface area (Å²) in [6, 6.07) is 36.3. The molecule has 1 atom stereocenters. The molecule has 1 aliphatic carbocycles. The molecule has 0 aliphatic heterocycles. The number of hydrogen-bond acceptors (Lipinski definition) is 6. The third-order valence-electron chi connectivity index (χ3n) is 8.28. The highest BCUT2D eigenvalue weighted by Gasteiger charge is 2.27. The number of carbonyl (C=O) groups is 3. The van der Waals surface area contributed by atoms with E-state index in [9.17, 15) is 19.6 Å². The molecule has 1 aliphatic rings. The summed E-state index contributed by atoms with van der Waals surface area (Å²) in [7, 11) is 0. The van der Waals surface area contributed by atoms with Crippen LogP contribution in [0, 0.1) is 18.3 Å². The van der Waals surface area contributed by atoms with E-state index in [-0.39, 0.29) is 17.4 Å². The normalized spacial score (nSPS) is 13.9. The summed E-state index contributed by atoms with van der Waals surface area (Å²) in [6.45, 7) is 1.98. The summed E-state index contributed by atoms with van der Waals surface area (Å²) in [6.07, 6.45) is 4.29. The zero-order valence-electron chi connectivity index (χ0n) is 26.9. The van der Waals surface area contributed by atoms with Crippen LogP contribution in [0.4, 0.5) is 10.7 Å². The van der Waals surface area contributed by atoms with Gasteiger partial charge in [-0.05, 0) is 85.2 Å². The molecule has 4 aromatic carbocycles. The average molecular weight is 683 g/mol. The molecule has 9 heteroatoms. The second-order valence-corrected chi connectivity index (χ2v) is 13.9. The maximum absolute atomic E-state index is 13.5. The van der Waals surface area contributed by atoms with Gasteiger partial charge in [-0.1, -0.05) is 84.4 Å². The van der Waals surface area contributed by atoms with Gasteiger partial charge in [0.05, 0.1) is 11.3 Å². The van der Waals surface area contributed by atoms with Crippen LogP contribution in [-0.4, -0.2) is 23.5 Å². The quantitative estimate of drug-likeness (QED) is 0.101. The van der Waals surface area contributed by atoms with Gasteiger partial charge in [0.2, 0.25) is 5.91 Å². The van der Waals surface area contributed by atoms with Crippen molar-refractivity contribution in [2.75, 3.05) is 16.4 Å². The molecule has 7 nitrogen and oxygen atoms in total. The number of carbonyl (C=O) groups excluding carboxylic acids is 3. The van der Waals surface area contributed by atoms with Gasteiger partial charge in [-0.2, -0.15) is 5.26 Å². The zero-order chi connectivity index (χ0) is 34.2. The van der Waals surface area contributed by atoms with Crippen molar-refractivity contribution in [3.8, 4) is 6.07 Å². The van der Waals surface area contributed by atoms with Crippen molar-refractivity contribution in [2.45, 2.75) is 37.0 Å². The largest absolute Gasteiger partial charge is 0.321 e. The van der Waals surface area contributed by atoms with E-state index in [1.54, 1.807) is 48.5 Å². The first-order chi connectivity index (χ1) is 23.9. The van der Waals surface area contributed by atoms with Gasteiger partial charge in [-0.3, -0.25) is 14.4 Å². The second-order valence-electron chi connectivity index (χ2n) is 11.8. The molecule has 0 radical (unpaired) electrons. The number of anilines is 2. The van der Waals surface area contributed by atoms with Crippen LogP contribution >= 0.6 is 23.1 Å². The van der Waals surface area contributed by atoms with Gasteiger partial charge in [0.15, 0.2) is 0 Å². The molecule has 1 heterocycles. The minimum Gasteiger partial charge on any atom is -0.321 e. The van der Waals surface area contributed by atoms with Crippen LogP contribution in [0.25, 0.3) is 6.08 Å². The van der Waals surface area contributed by atoms with Gasteiger partial charge >= 0.3 is 0 Å². The Morgan fingerprint density at radius 3 is 2.39 bits per heavy atom. The van der Waals surface area contributed by atoms with E-state index in [2.05, 4.69) is 46.3 Å². The number of thiophene rings is 1. The Bertz CT molecular complexity index is 2050. The van der Waals surface area contributed by atoms with Crippen LogP contribution in [0.5, 0.6) is 0 Å². The molecular formula is C40H34N4O3S2. The SMILES string of the molecule is Cc1ccc(/C=C(\NC(=O)c2ccccc2)C(=O)Nc2cccc(SCC(=O)Nc3sc4c(c3C#N)CCC(c3ccccc3)C4)c2)cc1. The highest BCUT2D eigenvalue weighted by atomic mass is 32.2. The first kappa shape index (κ1) is 33.5. The molecular weight excluding hydrogens is 649 g/mol. The molecule has 3 amide bonds. The highest BCUT2D eigenvalue weighted by Crippen LogP contribution is 2.42. The van der Waals surface area contributed by atoms with Gasteiger partial charge in [0, 0.05) is 21.0 Å². The Kier molecular flexibility index (Phi) is 10.7. The van der Waals surface area contributed by atoms with E-state index in [0.29, 0.717) is 27.7 Å². The molecule has 49 heavy (non-hydrogen) atoms. The van der Waals surface area contributed by atoms with Crippen molar-refractivity contribution >= 4 is 57.6 Å².